The summed E-state index contributed by atoms with van der Waals surface area (Å²) in [4.78, 5) is 71.3. The number of ether oxygens (including phenoxy) is 1. The fourth-order valence-electron chi connectivity index (χ4n) is 8.59. The Hall–Kier alpha value is -4.80. The molecule has 0 spiro atoms. The highest BCUT2D eigenvalue weighted by Crippen LogP contribution is 2.65. The molecule has 4 aliphatic rings. The van der Waals surface area contributed by atoms with Crippen LogP contribution in [0.5, 0.6) is 5.75 Å². The smallest absolute Gasteiger partial charge is 0.305 e. The number of carbonyl (C=O) groups excluding carboxylic acids is 4. The van der Waals surface area contributed by atoms with Crippen molar-refractivity contribution in [2.45, 2.75) is 30.6 Å². The zero-order valence-electron chi connectivity index (χ0n) is 25.8. The number of fused-ring (bicyclic) bond motifs is 4. The maximum absolute atomic E-state index is 15.3. The van der Waals surface area contributed by atoms with Gasteiger partial charge in [0.15, 0.2) is 0 Å². The molecule has 6 atom stereocenters. The van der Waals surface area contributed by atoms with Crippen molar-refractivity contribution in [3.63, 3.8) is 0 Å². The van der Waals surface area contributed by atoms with Gasteiger partial charge in [0, 0.05) is 23.0 Å². The lowest BCUT2D eigenvalue weighted by Gasteiger charge is -2.51. The number of aliphatic hydroxyl groups is 1. The Bertz CT molecular complexity index is 1860. The molecule has 3 aromatic carbocycles. The maximum Gasteiger partial charge on any atom is 0.305 e. The minimum absolute atomic E-state index is 0.00822. The van der Waals surface area contributed by atoms with Gasteiger partial charge in [-0.1, -0.05) is 77.8 Å². The first-order chi connectivity index (χ1) is 23.2. The molecule has 3 fully saturated rings. The van der Waals surface area contributed by atoms with E-state index in [1.807, 2.05) is 48.5 Å². The first-order valence-electron chi connectivity index (χ1n) is 16.0. The highest BCUT2D eigenvalue weighted by molar-refractivity contribution is 6.32. The van der Waals surface area contributed by atoms with Crippen LogP contribution in [0.2, 0.25) is 5.02 Å². The van der Waals surface area contributed by atoms with E-state index in [1.165, 1.54) is 4.90 Å². The number of benzene rings is 3. The van der Waals surface area contributed by atoms with Gasteiger partial charge in [-0.2, -0.15) is 0 Å². The van der Waals surface area contributed by atoms with Gasteiger partial charge in [0.25, 0.3) is 0 Å². The molecular weight excluding hydrogens is 636 g/mol. The zero-order chi connectivity index (χ0) is 33.7. The van der Waals surface area contributed by atoms with Crippen molar-refractivity contribution in [3.05, 3.63) is 107 Å². The minimum Gasteiger partial charge on any atom is -0.491 e. The second-order valence-corrected chi connectivity index (χ2v) is 13.1. The number of carbonyl (C=O) groups is 5. The highest BCUT2D eigenvalue weighted by atomic mass is 35.5. The number of halogens is 1. The van der Waals surface area contributed by atoms with Gasteiger partial charge >= 0.3 is 5.97 Å². The van der Waals surface area contributed by atoms with Gasteiger partial charge in [-0.25, -0.2) is 4.90 Å². The number of hydrogen-bond acceptors (Lipinski definition) is 7. The molecule has 7 rings (SSSR count). The summed E-state index contributed by atoms with van der Waals surface area (Å²) in [6, 6.07) is 22.9. The number of carboxylic acid groups (broad SMARTS) is 1. The Balaban J connectivity index is 1.47. The Morgan fingerprint density at radius 2 is 1.67 bits per heavy atom. The average molecular weight is 669 g/mol. The topological polar surface area (TPSA) is 142 Å². The number of rotatable bonds is 9. The molecule has 0 bridgehead atoms. The van der Waals surface area contributed by atoms with Crippen LogP contribution in [0, 0.1) is 23.7 Å². The lowest BCUT2D eigenvalue weighted by Crippen LogP contribution is -2.53. The normalized spacial score (nSPS) is 27.8. The zero-order valence-corrected chi connectivity index (χ0v) is 26.6. The van der Waals surface area contributed by atoms with E-state index in [0.29, 0.717) is 27.6 Å². The van der Waals surface area contributed by atoms with Crippen LogP contribution in [0.3, 0.4) is 0 Å². The van der Waals surface area contributed by atoms with Gasteiger partial charge in [-0.15, -0.1) is 0 Å². The number of carboxylic acids is 1. The predicted octanol–water partition coefficient (Wildman–Crippen LogP) is 4.35. The van der Waals surface area contributed by atoms with E-state index in [-0.39, 0.29) is 39.0 Å². The molecule has 0 aromatic heterocycles. The van der Waals surface area contributed by atoms with Crippen molar-refractivity contribution in [1.82, 2.24) is 4.90 Å². The van der Waals surface area contributed by atoms with Gasteiger partial charge in [0.05, 0.1) is 41.9 Å². The predicted molar refractivity (Wildman–Crippen MR) is 174 cm³/mol. The van der Waals surface area contributed by atoms with Gasteiger partial charge in [0.1, 0.15) is 12.4 Å². The lowest BCUT2D eigenvalue weighted by molar-refractivity contribution is -0.142. The number of hydrogen-bond donors (Lipinski definition) is 2. The standard InChI is InChI=1S/C37H33ClN2O8/c38-22-9-6-10-23(19-22)40-34(45)28-20-27-24(13-14-26-31(27)35(46)39(33(26)44)16-15-30(42)43)32(25-11-4-5-12-29(25)48-18-17-41)37(28,36(40)47)21-7-2-1-3-8-21/h1-13,19,26-28,31-32,41H,14-18,20H2,(H,42,43)/t26-,27+,28-,31-,32+,37+/m0/s1. The molecule has 11 heteroatoms. The third-order valence-electron chi connectivity index (χ3n) is 10.4. The van der Waals surface area contributed by atoms with E-state index in [2.05, 4.69) is 0 Å². The van der Waals surface area contributed by atoms with Crippen LogP contribution < -0.4 is 9.64 Å². The van der Waals surface area contributed by atoms with E-state index in [0.717, 1.165) is 10.5 Å². The van der Waals surface area contributed by atoms with Crippen LogP contribution in [0.25, 0.3) is 0 Å². The second kappa shape index (κ2) is 12.3. The number of aliphatic carboxylic acids is 1. The summed E-state index contributed by atoms with van der Waals surface area (Å²) >= 11 is 6.36. The number of anilines is 1. The quantitative estimate of drug-likeness (QED) is 0.253. The van der Waals surface area contributed by atoms with Crippen molar-refractivity contribution in [3.8, 4) is 5.75 Å². The summed E-state index contributed by atoms with van der Waals surface area (Å²) in [7, 11) is 0. The molecule has 2 aliphatic heterocycles. The van der Waals surface area contributed by atoms with Crippen LogP contribution >= 0.6 is 11.6 Å². The number of imide groups is 2. The third-order valence-corrected chi connectivity index (χ3v) is 10.6. The van der Waals surface area contributed by atoms with Crippen LogP contribution in [0.4, 0.5) is 5.69 Å². The second-order valence-electron chi connectivity index (χ2n) is 12.7. The summed E-state index contributed by atoms with van der Waals surface area (Å²) in [5, 5.41) is 19.3. The Morgan fingerprint density at radius 1 is 0.917 bits per heavy atom. The van der Waals surface area contributed by atoms with Crippen molar-refractivity contribution in [2.24, 2.45) is 23.7 Å². The summed E-state index contributed by atoms with van der Waals surface area (Å²) < 4.78 is 6.04. The monoisotopic (exact) mass is 668 g/mol. The molecular formula is C37H33ClN2O8. The van der Waals surface area contributed by atoms with Crippen molar-refractivity contribution < 1.29 is 38.9 Å². The molecule has 3 aromatic rings. The summed E-state index contributed by atoms with van der Waals surface area (Å²) in [5.74, 6) is -6.31. The van der Waals surface area contributed by atoms with Crippen molar-refractivity contribution in [2.75, 3.05) is 24.7 Å². The molecule has 1 saturated carbocycles. The van der Waals surface area contributed by atoms with Crippen molar-refractivity contribution >= 4 is 46.9 Å². The molecule has 48 heavy (non-hydrogen) atoms. The number of amides is 4. The minimum atomic E-state index is -1.47. The Kier molecular flexibility index (Phi) is 8.17. The Morgan fingerprint density at radius 3 is 2.40 bits per heavy atom. The van der Waals surface area contributed by atoms with E-state index in [9.17, 15) is 29.4 Å². The summed E-state index contributed by atoms with van der Waals surface area (Å²) in [6.07, 6.45) is 1.90. The van der Waals surface area contributed by atoms with E-state index in [4.69, 9.17) is 16.3 Å². The molecule has 2 heterocycles. The SMILES string of the molecule is O=C(O)CCN1C(=O)[C@H]2[C@H](CC=C3[C@H]2C[C@H]2C(=O)N(c4cccc(Cl)c4)C(=O)[C@@]2(c2ccccc2)[C@H]3c2ccccc2OCCO)C1=O. The van der Waals surface area contributed by atoms with Crippen LogP contribution in [-0.4, -0.2) is 64.5 Å². The molecule has 2 N–H and O–H groups in total. The fourth-order valence-corrected chi connectivity index (χ4v) is 8.77. The molecule has 0 radical (unpaired) electrons. The molecule has 246 valence electrons. The molecule has 2 aliphatic carbocycles. The van der Waals surface area contributed by atoms with E-state index < -0.39 is 64.6 Å². The molecule has 10 nitrogen and oxygen atoms in total. The number of nitrogens with zero attached hydrogens (tertiary/aromatic N) is 2. The number of likely N-dealkylation sites (tertiary alicyclic amines) is 1. The van der Waals surface area contributed by atoms with Gasteiger partial charge in [-0.05, 0) is 48.6 Å². The first kappa shape index (κ1) is 31.8. The van der Waals surface area contributed by atoms with Crippen LogP contribution in [0.15, 0.2) is 90.5 Å². The number of allylic oxidation sites excluding steroid dienone is 2. The van der Waals surface area contributed by atoms with Gasteiger partial charge in [0.2, 0.25) is 23.6 Å². The number of para-hydroxylation sites is 1. The van der Waals surface area contributed by atoms with E-state index in [1.54, 1.807) is 36.4 Å². The fraction of sp³-hybridized carbons (Fsp3) is 0.324. The Labute approximate surface area is 281 Å². The molecule has 2 saturated heterocycles. The van der Waals surface area contributed by atoms with Crippen LogP contribution in [0.1, 0.15) is 36.3 Å². The lowest BCUT2D eigenvalue weighted by atomic mass is 9.49. The maximum atomic E-state index is 15.3. The molecule has 4 amide bonds. The first-order valence-corrected chi connectivity index (χ1v) is 16.4. The molecule has 0 unspecified atom stereocenters. The van der Waals surface area contributed by atoms with Gasteiger partial charge < -0.3 is 14.9 Å². The van der Waals surface area contributed by atoms with Gasteiger partial charge in [-0.3, -0.25) is 28.9 Å². The highest BCUT2D eigenvalue weighted by Gasteiger charge is 2.70. The average Bonchev–Trinajstić information content (AvgIpc) is 3.47. The largest absolute Gasteiger partial charge is 0.491 e. The van der Waals surface area contributed by atoms with Crippen LogP contribution in [-0.2, 0) is 29.4 Å². The summed E-state index contributed by atoms with van der Waals surface area (Å²) in [6.45, 7) is -0.490. The summed E-state index contributed by atoms with van der Waals surface area (Å²) in [5.41, 5.74) is 0.851. The van der Waals surface area contributed by atoms with E-state index >= 15 is 4.79 Å². The third kappa shape index (κ3) is 4.77. The van der Waals surface area contributed by atoms with Crippen molar-refractivity contribution in [1.29, 1.82) is 0 Å². The number of aliphatic hydroxyl groups excluding tert-OH is 1.